The van der Waals surface area contributed by atoms with Crippen LogP contribution in [0.1, 0.15) is 59.3 Å². The van der Waals surface area contributed by atoms with E-state index in [9.17, 15) is 27.6 Å². The monoisotopic (exact) mass is 803 g/mol. The predicted molar refractivity (Wildman–Crippen MR) is 210 cm³/mol. The number of nitrogens with zero attached hydrogens (tertiary/aromatic N) is 2. The number of hydrogen-bond acceptors (Lipinski definition) is 11. The van der Waals surface area contributed by atoms with Gasteiger partial charge >= 0.3 is 6.09 Å². The molecule has 3 heterocycles. The third-order valence-corrected chi connectivity index (χ3v) is 12.3. The molecule has 0 radical (unpaired) electrons. The Morgan fingerprint density at radius 3 is 2.54 bits per heavy atom. The molecule has 2 aliphatic carbocycles. The molecule has 2 aromatic carbocycles. The first-order valence-electron chi connectivity index (χ1n) is 19.3. The molecule has 57 heavy (non-hydrogen) atoms. The second-order valence-corrected chi connectivity index (χ2v) is 18.0. The van der Waals surface area contributed by atoms with Gasteiger partial charge < -0.3 is 34.5 Å². The van der Waals surface area contributed by atoms with Crippen LogP contribution in [0, 0.1) is 5.92 Å². The van der Waals surface area contributed by atoms with Crippen LogP contribution in [-0.2, 0) is 33.9 Å². The number of alkyl carbamates (subject to hydrolysis) is 1. The Labute approximate surface area is 331 Å². The molecule has 15 nitrogen and oxygen atoms in total. The van der Waals surface area contributed by atoms with Crippen LogP contribution < -0.4 is 24.8 Å². The van der Waals surface area contributed by atoms with Crippen LogP contribution in [-0.4, -0.2) is 104 Å². The summed E-state index contributed by atoms with van der Waals surface area (Å²) in [7, 11) is -2.35. The molecule has 0 bridgehead atoms. The Morgan fingerprint density at radius 2 is 1.82 bits per heavy atom. The second-order valence-electron chi connectivity index (χ2n) is 16.0. The molecule has 16 heteroatoms. The summed E-state index contributed by atoms with van der Waals surface area (Å²) in [6, 6.07) is 14.7. The molecule has 1 saturated heterocycles. The number of amides is 4. The quantitative estimate of drug-likeness (QED) is 0.279. The Morgan fingerprint density at radius 1 is 1.05 bits per heavy atom. The standard InChI is InChI=1S/C41H49N5O10S/c1-40(2,3)56-39(50)43-32-13-9-19-54-18-8-12-27-23-41(27,38(49)45-57(51,52)30-15-16-30)44-35(47)34-22-29(24-46(34)37(32)48)55-36-31-17-14-28(53-4)20-26(31)21-33(42-36)25-10-6-5-7-11-25/h5-8,10-12,14,17,20-21,27,29-30,32,34H,9,13,15-16,18-19,22-24H2,1-4H3,(H,43,50)(H,44,47)(H,45,49)/b12-8-/t27?,29?,32-,34-,41+/m0/s1. The zero-order chi connectivity index (χ0) is 40.5. The van der Waals surface area contributed by atoms with Crippen molar-refractivity contribution in [3.63, 3.8) is 0 Å². The van der Waals surface area contributed by atoms with E-state index in [1.165, 1.54) is 4.90 Å². The van der Waals surface area contributed by atoms with E-state index in [4.69, 9.17) is 23.9 Å². The maximum absolute atomic E-state index is 14.6. The first-order valence-corrected chi connectivity index (χ1v) is 20.8. The van der Waals surface area contributed by atoms with Crippen molar-refractivity contribution in [2.45, 2.75) is 93.9 Å². The Bertz CT molecular complexity index is 2170. The average molecular weight is 804 g/mol. The fourth-order valence-corrected chi connectivity index (χ4v) is 8.71. The van der Waals surface area contributed by atoms with Gasteiger partial charge in [0.25, 0.3) is 5.91 Å². The van der Waals surface area contributed by atoms with E-state index in [0.717, 1.165) is 10.9 Å². The van der Waals surface area contributed by atoms with Crippen molar-refractivity contribution in [3.05, 3.63) is 66.7 Å². The van der Waals surface area contributed by atoms with E-state index < -0.39 is 74.3 Å². The summed E-state index contributed by atoms with van der Waals surface area (Å²) in [5.74, 6) is -1.65. The lowest BCUT2D eigenvalue weighted by Crippen LogP contribution is -2.58. The van der Waals surface area contributed by atoms with Crippen LogP contribution in [0.3, 0.4) is 0 Å². The van der Waals surface area contributed by atoms with Crippen molar-refractivity contribution in [1.82, 2.24) is 25.2 Å². The fourth-order valence-electron chi connectivity index (χ4n) is 7.35. The highest BCUT2D eigenvalue weighted by atomic mass is 32.2. The molecular weight excluding hydrogens is 755 g/mol. The number of fused-ring (bicyclic) bond motifs is 3. The number of benzene rings is 2. The number of carbonyl (C=O) groups excluding carboxylic acids is 4. The molecule has 2 saturated carbocycles. The van der Waals surface area contributed by atoms with E-state index in [1.54, 1.807) is 46.1 Å². The second kappa shape index (κ2) is 16.0. The number of ether oxygens (including phenoxy) is 4. The average Bonchev–Trinajstić information content (AvgIpc) is 4.09. The molecule has 304 valence electrons. The first kappa shape index (κ1) is 40.0. The van der Waals surface area contributed by atoms with E-state index in [0.29, 0.717) is 36.1 Å². The zero-order valence-electron chi connectivity index (χ0n) is 32.5. The maximum atomic E-state index is 14.6. The van der Waals surface area contributed by atoms with E-state index in [2.05, 4.69) is 15.4 Å². The van der Waals surface area contributed by atoms with Crippen molar-refractivity contribution >= 4 is 44.6 Å². The van der Waals surface area contributed by atoms with E-state index in [-0.39, 0.29) is 44.9 Å². The van der Waals surface area contributed by atoms with Crippen LogP contribution in [0.15, 0.2) is 66.7 Å². The zero-order valence-corrected chi connectivity index (χ0v) is 33.3. The van der Waals surface area contributed by atoms with Gasteiger partial charge in [0.05, 0.1) is 31.2 Å². The van der Waals surface area contributed by atoms with Gasteiger partial charge in [0.15, 0.2) is 0 Å². The molecule has 3 N–H and O–H groups in total. The maximum Gasteiger partial charge on any atom is 0.408 e. The summed E-state index contributed by atoms with van der Waals surface area (Å²) in [4.78, 5) is 62.1. The molecule has 2 unspecified atom stereocenters. The normalized spacial score (nSPS) is 26.1. The van der Waals surface area contributed by atoms with Gasteiger partial charge in [-0.25, -0.2) is 18.2 Å². The Balaban J connectivity index is 1.23. The van der Waals surface area contributed by atoms with Gasteiger partial charge in [-0.2, -0.15) is 0 Å². The molecule has 4 amide bonds. The van der Waals surface area contributed by atoms with Gasteiger partial charge in [0.2, 0.25) is 27.7 Å². The van der Waals surface area contributed by atoms with Crippen molar-refractivity contribution < 1.29 is 46.5 Å². The van der Waals surface area contributed by atoms with Crippen molar-refractivity contribution in [1.29, 1.82) is 0 Å². The third kappa shape index (κ3) is 9.17. The lowest BCUT2D eigenvalue weighted by Gasteiger charge is -2.30. The highest BCUT2D eigenvalue weighted by molar-refractivity contribution is 7.91. The molecular formula is C41H49N5O10S. The fraction of sp³-hybridized carbons (Fsp3) is 0.488. The van der Waals surface area contributed by atoms with Crippen LogP contribution in [0.4, 0.5) is 4.79 Å². The molecule has 2 aliphatic heterocycles. The van der Waals surface area contributed by atoms with Crippen LogP contribution in [0.5, 0.6) is 11.6 Å². The first-order chi connectivity index (χ1) is 27.2. The van der Waals surface area contributed by atoms with Gasteiger partial charge in [0.1, 0.15) is 35.1 Å². The minimum Gasteiger partial charge on any atom is -0.497 e. The van der Waals surface area contributed by atoms with Gasteiger partial charge in [0, 0.05) is 29.9 Å². The summed E-state index contributed by atoms with van der Waals surface area (Å²) in [6.45, 7) is 5.52. The number of rotatable bonds is 8. The van der Waals surface area contributed by atoms with Crippen LogP contribution >= 0.6 is 0 Å². The van der Waals surface area contributed by atoms with Gasteiger partial charge in [-0.3, -0.25) is 19.1 Å². The lowest BCUT2D eigenvalue weighted by atomic mass is 10.1. The molecule has 1 aromatic heterocycles. The minimum absolute atomic E-state index is 0.00725. The Hall–Kier alpha value is -5.22. The Kier molecular flexibility index (Phi) is 11.2. The smallest absolute Gasteiger partial charge is 0.408 e. The minimum atomic E-state index is -3.93. The number of carbonyl (C=O) groups is 4. The number of aromatic nitrogens is 1. The SMILES string of the molecule is COc1ccc2c(OC3C[C@H]4C(=O)N[C@]5(C(=O)NS(=O)(=O)C6CC6)CC5/C=C\COCCC[C@H](NC(=O)OC(C)(C)C)C(=O)N4C3)nc(-c3ccccc3)cc2c1. The summed E-state index contributed by atoms with van der Waals surface area (Å²) >= 11 is 0. The van der Waals surface area contributed by atoms with Crippen LogP contribution in [0.25, 0.3) is 22.0 Å². The molecule has 4 aliphatic rings. The number of methoxy groups -OCH3 is 1. The largest absolute Gasteiger partial charge is 0.497 e. The number of hydrogen-bond donors (Lipinski definition) is 3. The lowest BCUT2D eigenvalue weighted by molar-refractivity contribution is -0.141. The van der Waals surface area contributed by atoms with E-state index >= 15 is 0 Å². The van der Waals surface area contributed by atoms with Crippen molar-refractivity contribution in [2.75, 3.05) is 26.9 Å². The molecule has 7 rings (SSSR count). The highest BCUT2D eigenvalue weighted by Gasteiger charge is 2.62. The van der Waals surface area contributed by atoms with Crippen molar-refractivity contribution in [2.24, 2.45) is 5.92 Å². The summed E-state index contributed by atoms with van der Waals surface area (Å²) in [6.07, 6.45) is 3.55. The predicted octanol–water partition coefficient (Wildman–Crippen LogP) is 4.00. The summed E-state index contributed by atoms with van der Waals surface area (Å²) < 4.78 is 51.3. The van der Waals surface area contributed by atoms with Gasteiger partial charge in [-0.05, 0) is 82.5 Å². The number of nitrogens with one attached hydrogen (secondary N) is 3. The molecule has 0 spiro atoms. The van der Waals surface area contributed by atoms with Crippen molar-refractivity contribution in [3.8, 4) is 22.9 Å². The number of pyridine rings is 1. The van der Waals surface area contributed by atoms with Gasteiger partial charge in [-0.15, -0.1) is 0 Å². The summed E-state index contributed by atoms with van der Waals surface area (Å²) in [5, 5.41) is 6.39. The molecule has 3 aromatic rings. The highest BCUT2D eigenvalue weighted by Crippen LogP contribution is 2.46. The number of sulfonamides is 1. The molecule has 3 fully saturated rings. The van der Waals surface area contributed by atoms with Crippen LogP contribution in [0.2, 0.25) is 0 Å². The molecule has 5 atom stereocenters. The van der Waals surface area contributed by atoms with Gasteiger partial charge in [-0.1, -0.05) is 42.5 Å². The topological polar surface area (TPSA) is 192 Å². The third-order valence-electron chi connectivity index (χ3n) is 10.5. The summed E-state index contributed by atoms with van der Waals surface area (Å²) in [5.41, 5.74) is -0.924. The van der Waals surface area contributed by atoms with E-state index in [1.807, 2.05) is 48.5 Å².